The van der Waals surface area contributed by atoms with Gasteiger partial charge in [0.1, 0.15) is 0 Å². The predicted octanol–water partition coefficient (Wildman–Crippen LogP) is 1.90. The van der Waals surface area contributed by atoms with Crippen molar-refractivity contribution in [1.29, 1.82) is 0 Å². The van der Waals surface area contributed by atoms with E-state index in [9.17, 15) is 4.39 Å². The molecule has 0 aromatic heterocycles. The highest BCUT2D eigenvalue weighted by atomic mass is 19.1. The summed E-state index contributed by atoms with van der Waals surface area (Å²) in [5.41, 5.74) is -1.67. The first-order chi connectivity index (χ1) is 4.69. The lowest BCUT2D eigenvalue weighted by molar-refractivity contribution is 0.266. The average Bonchev–Trinajstić information content (AvgIpc) is 1.96. The Labute approximate surface area is 60.4 Å². The van der Waals surface area contributed by atoms with Gasteiger partial charge >= 0.3 is 0 Å². The molecule has 51 valence electrons. The lowest BCUT2D eigenvalue weighted by atomic mass is 9.88. The Morgan fingerprint density at radius 2 is 2.30 bits per heavy atom. The normalized spacial score (nSPS) is 37.5. The van der Waals surface area contributed by atoms with Crippen LogP contribution in [0.4, 0.5) is 4.39 Å². The summed E-state index contributed by atoms with van der Waals surface area (Å²) in [5.74, 6) is 1.61. The summed E-state index contributed by atoms with van der Waals surface area (Å²) < 4.78 is 13.3. The summed E-state index contributed by atoms with van der Waals surface area (Å²) in [6, 6.07) is 0. The fraction of sp³-hybridized carbons (Fsp3) is 0.222. The van der Waals surface area contributed by atoms with Gasteiger partial charge in [-0.25, -0.2) is 4.39 Å². The molecule has 0 aromatic carbocycles. The third-order valence-electron chi connectivity index (χ3n) is 1.55. The van der Waals surface area contributed by atoms with E-state index in [1.165, 1.54) is 6.08 Å². The molecule has 1 radical (unpaired) electrons. The second-order valence-corrected chi connectivity index (χ2v) is 2.26. The molecule has 1 rings (SSSR count). The van der Waals surface area contributed by atoms with Crippen molar-refractivity contribution in [2.24, 2.45) is 5.92 Å². The summed E-state index contributed by atoms with van der Waals surface area (Å²) in [7, 11) is 0. The van der Waals surface area contributed by atoms with E-state index in [1.807, 2.05) is 0 Å². The van der Waals surface area contributed by atoms with E-state index in [0.29, 0.717) is 0 Å². The van der Waals surface area contributed by atoms with Crippen molar-refractivity contribution in [1.82, 2.24) is 0 Å². The SMILES string of the molecule is C#CC1(F)C=CC=CC1[CH2]. The molecule has 0 spiro atoms. The Bertz CT molecular complexity index is 219. The van der Waals surface area contributed by atoms with E-state index in [1.54, 1.807) is 18.2 Å². The summed E-state index contributed by atoms with van der Waals surface area (Å²) in [4.78, 5) is 0. The zero-order chi connectivity index (χ0) is 7.61. The van der Waals surface area contributed by atoms with Gasteiger partial charge in [0.2, 0.25) is 0 Å². The molecule has 0 bridgehead atoms. The van der Waals surface area contributed by atoms with Gasteiger partial charge in [0, 0.05) is 5.92 Å². The van der Waals surface area contributed by atoms with E-state index in [0.717, 1.165) is 0 Å². The molecule has 0 fully saturated rings. The van der Waals surface area contributed by atoms with Crippen LogP contribution < -0.4 is 0 Å². The van der Waals surface area contributed by atoms with Gasteiger partial charge in [-0.1, -0.05) is 24.1 Å². The standard InChI is InChI=1S/C9H8F/c1-3-9(10)7-5-4-6-8(9)2/h1,4-8H,2H2. The van der Waals surface area contributed by atoms with Crippen LogP contribution in [0.25, 0.3) is 0 Å². The predicted molar refractivity (Wildman–Crippen MR) is 39.8 cm³/mol. The minimum absolute atomic E-state index is 0.456. The number of hydrogen-bond donors (Lipinski definition) is 0. The van der Waals surface area contributed by atoms with Crippen molar-refractivity contribution < 1.29 is 4.39 Å². The number of hydrogen-bond acceptors (Lipinski definition) is 0. The molecule has 1 aliphatic rings. The highest BCUT2D eigenvalue weighted by Crippen LogP contribution is 2.26. The van der Waals surface area contributed by atoms with Crippen LogP contribution in [0.3, 0.4) is 0 Å². The number of alkyl halides is 1. The summed E-state index contributed by atoms with van der Waals surface area (Å²) >= 11 is 0. The third kappa shape index (κ3) is 0.974. The molecule has 10 heavy (non-hydrogen) atoms. The first-order valence-electron chi connectivity index (χ1n) is 3.05. The van der Waals surface area contributed by atoms with Crippen LogP contribution >= 0.6 is 0 Å². The van der Waals surface area contributed by atoms with Crippen molar-refractivity contribution >= 4 is 0 Å². The van der Waals surface area contributed by atoms with Gasteiger partial charge in [0.15, 0.2) is 5.67 Å². The molecule has 0 heterocycles. The van der Waals surface area contributed by atoms with Crippen LogP contribution in [0.5, 0.6) is 0 Å². The van der Waals surface area contributed by atoms with E-state index in [-0.39, 0.29) is 0 Å². The van der Waals surface area contributed by atoms with Crippen molar-refractivity contribution in [2.75, 3.05) is 0 Å². The average molecular weight is 135 g/mol. The van der Waals surface area contributed by atoms with E-state index in [4.69, 9.17) is 6.42 Å². The third-order valence-corrected chi connectivity index (χ3v) is 1.55. The maximum atomic E-state index is 13.3. The molecule has 0 saturated carbocycles. The first kappa shape index (κ1) is 7.08. The molecular weight excluding hydrogens is 127 g/mol. The van der Waals surface area contributed by atoms with Gasteiger partial charge in [0.05, 0.1) is 0 Å². The molecule has 0 nitrogen and oxygen atoms in total. The maximum absolute atomic E-state index is 13.3. The highest BCUT2D eigenvalue weighted by Gasteiger charge is 2.30. The molecule has 1 aliphatic carbocycles. The minimum atomic E-state index is -1.67. The van der Waals surface area contributed by atoms with Crippen LogP contribution in [0, 0.1) is 25.2 Å². The quantitative estimate of drug-likeness (QED) is 0.445. The van der Waals surface area contributed by atoms with Crippen molar-refractivity contribution in [3.8, 4) is 12.3 Å². The Morgan fingerprint density at radius 3 is 2.70 bits per heavy atom. The molecule has 0 aliphatic heterocycles. The minimum Gasteiger partial charge on any atom is -0.224 e. The van der Waals surface area contributed by atoms with Crippen LogP contribution in [-0.4, -0.2) is 5.67 Å². The lowest BCUT2D eigenvalue weighted by Gasteiger charge is -2.21. The fourth-order valence-electron chi connectivity index (χ4n) is 0.813. The Balaban J connectivity index is 2.91. The lowest BCUT2D eigenvalue weighted by Crippen LogP contribution is -2.27. The summed E-state index contributed by atoms with van der Waals surface area (Å²) in [6.45, 7) is 3.57. The van der Waals surface area contributed by atoms with Gasteiger partial charge in [-0.15, -0.1) is 6.42 Å². The van der Waals surface area contributed by atoms with Gasteiger partial charge < -0.3 is 0 Å². The number of allylic oxidation sites excluding steroid dienone is 4. The monoisotopic (exact) mass is 135 g/mol. The molecule has 0 aromatic rings. The second-order valence-electron chi connectivity index (χ2n) is 2.26. The zero-order valence-electron chi connectivity index (χ0n) is 5.55. The van der Waals surface area contributed by atoms with Gasteiger partial charge in [0.25, 0.3) is 0 Å². The van der Waals surface area contributed by atoms with Crippen LogP contribution in [0.15, 0.2) is 24.3 Å². The van der Waals surface area contributed by atoms with Crippen LogP contribution in [0.1, 0.15) is 0 Å². The molecule has 1 heteroatoms. The Morgan fingerprint density at radius 1 is 1.60 bits per heavy atom. The van der Waals surface area contributed by atoms with E-state index in [2.05, 4.69) is 12.8 Å². The zero-order valence-corrected chi connectivity index (χ0v) is 5.55. The van der Waals surface area contributed by atoms with Gasteiger partial charge in [-0.3, -0.25) is 0 Å². The number of halogens is 1. The fourth-order valence-corrected chi connectivity index (χ4v) is 0.813. The highest BCUT2D eigenvalue weighted by molar-refractivity contribution is 5.31. The first-order valence-corrected chi connectivity index (χ1v) is 3.05. The molecule has 0 N–H and O–H groups in total. The Kier molecular flexibility index (Phi) is 1.63. The van der Waals surface area contributed by atoms with Crippen LogP contribution in [0.2, 0.25) is 0 Å². The smallest absolute Gasteiger partial charge is 0.195 e. The van der Waals surface area contributed by atoms with Crippen LogP contribution in [-0.2, 0) is 0 Å². The van der Waals surface area contributed by atoms with Crippen molar-refractivity contribution in [3.05, 3.63) is 31.2 Å². The number of terminal acetylenes is 1. The van der Waals surface area contributed by atoms with E-state index < -0.39 is 11.6 Å². The molecular formula is C9H8F. The molecule has 0 amide bonds. The largest absolute Gasteiger partial charge is 0.224 e. The van der Waals surface area contributed by atoms with E-state index >= 15 is 0 Å². The Hall–Kier alpha value is -1.03. The second kappa shape index (κ2) is 2.30. The van der Waals surface area contributed by atoms with Crippen molar-refractivity contribution in [2.45, 2.75) is 5.67 Å². The molecule has 2 atom stereocenters. The van der Waals surface area contributed by atoms with Gasteiger partial charge in [-0.2, -0.15) is 0 Å². The molecule has 2 unspecified atom stereocenters. The molecule has 0 saturated heterocycles. The topological polar surface area (TPSA) is 0 Å². The van der Waals surface area contributed by atoms with Gasteiger partial charge in [-0.05, 0) is 13.0 Å². The summed E-state index contributed by atoms with van der Waals surface area (Å²) in [6.07, 6.45) is 11.3. The maximum Gasteiger partial charge on any atom is 0.195 e. The number of rotatable bonds is 0. The van der Waals surface area contributed by atoms with Crippen molar-refractivity contribution in [3.63, 3.8) is 0 Å². The summed E-state index contributed by atoms with van der Waals surface area (Å²) in [5, 5.41) is 0.